The number of ether oxygens (including phenoxy) is 1. The molecule has 0 radical (unpaired) electrons. The van der Waals surface area contributed by atoms with Gasteiger partial charge in [-0.15, -0.1) is 0 Å². The molecule has 0 spiro atoms. The number of alkyl halides is 2. The molecule has 0 aromatic rings. The molecule has 0 aromatic carbocycles. The lowest BCUT2D eigenvalue weighted by molar-refractivity contribution is -0.0445. The molecule has 0 N–H and O–H groups in total. The van der Waals surface area contributed by atoms with Gasteiger partial charge in [-0.1, -0.05) is 154 Å². The van der Waals surface area contributed by atoms with Crippen molar-refractivity contribution in [3.63, 3.8) is 0 Å². The Kier molecular flexibility index (Phi) is 15.8. The zero-order chi connectivity index (χ0) is 38.8. The van der Waals surface area contributed by atoms with E-state index >= 15 is 17.6 Å². The van der Waals surface area contributed by atoms with Crippen molar-refractivity contribution >= 4 is 0 Å². The Bertz CT molecular complexity index is 1190. The Labute approximate surface area is 334 Å². The van der Waals surface area contributed by atoms with Gasteiger partial charge in [0.25, 0.3) is 0 Å². The van der Waals surface area contributed by atoms with Crippen molar-refractivity contribution in [2.75, 3.05) is 13.2 Å². The van der Waals surface area contributed by atoms with Gasteiger partial charge in [0.15, 0.2) is 11.3 Å². The van der Waals surface area contributed by atoms with Gasteiger partial charge in [-0.05, 0) is 99.3 Å². The zero-order valence-corrected chi connectivity index (χ0v) is 35.1. The molecule has 0 bridgehead atoms. The van der Waals surface area contributed by atoms with E-state index in [1.807, 2.05) is 0 Å². The van der Waals surface area contributed by atoms with Crippen LogP contribution in [0.4, 0.5) is 17.6 Å². The second-order valence-electron chi connectivity index (χ2n) is 19.6. The standard InChI is InChI=1S/C50H78F4O/c1-3-5-7-11-17-39-19-23-43(24-20-39)47(29-13-9-14-30-47)49(53)33-27-41(45(51)35-49)37-55-38-42-28-34-50(54,36-46(42)52)48(31-15-10-16-32-48)44-25-21-40(22-26-44)18-12-8-6-4-2/h27-28,33-36,39-44H,3-26,29-32,37-38H2,1-2H3/t39?,40?,41-,42-,43?,44?,49+,50+/m0/s1. The van der Waals surface area contributed by atoms with Gasteiger partial charge in [-0.2, -0.15) is 0 Å². The van der Waals surface area contributed by atoms with Crippen molar-refractivity contribution < 1.29 is 22.3 Å². The molecule has 4 atom stereocenters. The van der Waals surface area contributed by atoms with E-state index in [-0.39, 0.29) is 25.0 Å². The zero-order valence-electron chi connectivity index (χ0n) is 35.1. The van der Waals surface area contributed by atoms with Gasteiger partial charge in [0.05, 0.1) is 25.0 Å². The first-order valence-corrected chi connectivity index (χ1v) is 23.8. The summed E-state index contributed by atoms with van der Waals surface area (Å²) in [6.45, 7) is 4.55. The predicted octanol–water partition coefficient (Wildman–Crippen LogP) is 16.0. The van der Waals surface area contributed by atoms with Gasteiger partial charge in [-0.3, -0.25) is 0 Å². The third kappa shape index (κ3) is 9.92. The van der Waals surface area contributed by atoms with Crippen LogP contribution >= 0.6 is 0 Å². The first-order chi connectivity index (χ1) is 26.7. The fourth-order valence-electron chi connectivity index (χ4n) is 12.9. The van der Waals surface area contributed by atoms with E-state index in [9.17, 15) is 0 Å². The molecule has 0 saturated heterocycles. The molecule has 0 aromatic heterocycles. The van der Waals surface area contributed by atoms with E-state index in [2.05, 4.69) is 13.8 Å². The molecule has 0 unspecified atom stereocenters. The summed E-state index contributed by atoms with van der Waals surface area (Å²) < 4.78 is 72.4. The van der Waals surface area contributed by atoms with Crippen molar-refractivity contribution in [2.24, 2.45) is 46.3 Å². The molecule has 6 aliphatic carbocycles. The Morgan fingerprint density at radius 3 is 1.25 bits per heavy atom. The third-order valence-electron chi connectivity index (χ3n) is 16.3. The van der Waals surface area contributed by atoms with Crippen LogP contribution < -0.4 is 0 Å². The van der Waals surface area contributed by atoms with Crippen molar-refractivity contribution in [1.29, 1.82) is 0 Å². The second-order valence-corrected chi connectivity index (χ2v) is 19.6. The molecule has 4 fully saturated rings. The first kappa shape index (κ1) is 43.2. The molecular weight excluding hydrogens is 693 g/mol. The summed E-state index contributed by atoms with van der Waals surface area (Å²) in [5, 5.41) is 0. The molecule has 0 amide bonds. The van der Waals surface area contributed by atoms with Crippen LogP contribution in [0, 0.1) is 46.3 Å². The van der Waals surface area contributed by atoms with Crippen molar-refractivity contribution in [3.05, 3.63) is 48.1 Å². The summed E-state index contributed by atoms with van der Waals surface area (Å²) in [5.41, 5.74) is -4.66. The van der Waals surface area contributed by atoms with Gasteiger partial charge in [0.2, 0.25) is 0 Å². The van der Waals surface area contributed by atoms with E-state index in [0.717, 1.165) is 102 Å². The fourth-order valence-corrected chi connectivity index (χ4v) is 12.9. The number of hydrogen-bond acceptors (Lipinski definition) is 1. The summed E-state index contributed by atoms with van der Waals surface area (Å²) in [4.78, 5) is 0. The SMILES string of the molecule is CCCCCCC1CCC(C2([C@@]3(F)C=C[C@@H](COC[C@@H]4C=C[C@](F)(C5(C6CCC(CCCCCC)CC6)CCCCC5)C=C4F)C(F)=C3)CCCCC2)CC1. The number of hydrogen-bond donors (Lipinski definition) is 0. The average Bonchev–Trinajstić information content (AvgIpc) is 3.21. The molecule has 312 valence electrons. The minimum Gasteiger partial charge on any atom is -0.379 e. The molecule has 0 heterocycles. The average molecular weight is 771 g/mol. The number of unbranched alkanes of at least 4 members (excludes halogenated alkanes) is 6. The van der Waals surface area contributed by atoms with Crippen LogP contribution in [0.15, 0.2) is 48.1 Å². The van der Waals surface area contributed by atoms with Crippen molar-refractivity contribution in [3.8, 4) is 0 Å². The van der Waals surface area contributed by atoms with Crippen molar-refractivity contribution in [2.45, 2.75) is 205 Å². The predicted molar refractivity (Wildman–Crippen MR) is 222 cm³/mol. The highest BCUT2D eigenvalue weighted by atomic mass is 19.2. The van der Waals surface area contributed by atoms with Crippen molar-refractivity contribution in [1.82, 2.24) is 0 Å². The van der Waals surface area contributed by atoms with Gasteiger partial charge in [-0.25, -0.2) is 17.6 Å². The summed E-state index contributed by atoms with van der Waals surface area (Å²) in [5.74, 6) is -0.230. The molecule has 55 heavy (non-hydrogen) atoms. The minimum atomic E-state index is -1.79. The molecule has 6 rings (SSSR count). The summed E-state index contributed by atoms with van der Waals surface area (Å²) in [6, 6.07) is 0. The largest absolute Gasteiger partial charge is 0.379 e. The maximum absolute atomic E-state index is 17.3. The molecule has 4 saturated carbocycles. The highest BCUT2D eigenvalue weighted by molar-refractivity contribution is 5.33. The van der Waals surface area contributed by atoms with Crippen LogP contribution in [0.5, 0.6) is 0 Å². The molecule has 0 aliphatic heterocycles. The molecule has 1 nitrogen and oxygen atoms in total. The highest BCUT2D eigenvalue weighted by Crippen LogP contribution is 2.60. The number of allylic oxidation sites excluding steroid dienone is 4. The topological polar surface area (TPSA) is 9.23 Å². The van der Waals surface area contributed by atoms with E-state index in [1.54, 1.807) is 24.3 Å². The lowest BCUT2D eigenvalue weighted by atomic mass is 9.53. The van der Waals surface area contributed by atoms with Crippen LogP contribution in [0.2, 0.25) is 0 Å². The summed E-state index contributed by atoms with van der Waals surface area (Å²) in [7, 11) is 0. The van der Waals surface area contributed by atoms with Gasteiger partial charge in [0, 0.05) is 10.8 Å². The number of halogens is 4. The Morgan fingerprint density at radius 1 is 0.527 bits per heavy atom. The van der Waals surface area contributed by atoms with E-state index in [0.29, 0.717) is 0 Å². The second kappa shape index (κ2) is 20.1. The monoisotopic (exact) mass is 771 g/mol. The maximum Gasteiger partial charge on any atom is 0.155 e. The van der Waals surface area contributed by atoms with E-state index < -0.39 is 45.7 Å². The van der Waals surface area contributed by atoms with Gasteiger partial charge < -0.3 is 4.74 Å². The fraction of sp³-hybridized carbons (Fsp3) is 0.840. The minimum absolute atomic E-state index is 0.0229. The quantitative estimate of drug-likeness (QED) is 0.0766. The van der Waals surface area contributed by atoms with Crippen LogP contribution in [0.1, 0.15) is 194 Å². The van der Waals surface area contributed by atoms with Crippen LogP contribution in [-0.4, -0.2) is 24.6 Å². The van der Waals surface area contributed by atoms with Gasteiger partial charge in [0.1, 0.15) is 11.7 Å². The Balaban J connectivity index is 1.03. The summed E-state index contributed by atoms with van der Waals surface area (Å²) >= 11 is 0. The molecule has 5 heteroatoms. The Hall–Kier alpha value is -1.36. The maximum atomic E-state index is 17.3. The first-order valence-electron chi connectivity index (χ1n) is 23.8. The van der Waals surface area contributed by atoms with Gasteiger partial charge >= 0.3 is 0 Å². The van der Waals surface area contributed by atoms with Crippen LogP contribution in [-0.2, 0) is 4.74 Å². The van der Waals surface area contributed by atoms with E-state index in [4.69, 9.17) is 4.74 Å². The molecule has 6 aliphatic rings. The lowest BCUT2D eigenvalue weighted by Gasteiger charge is -2.53. The third-order valence-corrected chi connectivity index (χ3v) is 16.3. The smallest absolute Gasteiger partial charge is 0.155 e. The van der Waals surface area contributed by atoms with Crippen LogP contribution in [0.3, 0.4) is 0 Å². The number of rotatable bonds is 18. The molecular formula is C50H78F4O. The normalized spacial score (nSPS) is 36.3. The highest BCUT2D eigenvalue weighted by Gasteiger charge is 2.57. The van der Waals surface area contributed by atoms with Crippen LogP contribution in [0.25, 0.3) is 0 Å². The lowest BCUT2D eigenvalue weighted by Crippen LogP contribution is -2.51. The Morgan fingerprint density at radius 2 is 0.909 bits per heavy atom. The summed E-state index contributed by atoms with van der Waals surface area (Å²) in [6.07, 6.45) is 40.7. The van der Waals surface area contributed by atoms with E-state index in [1.165, 1.54) is 102 Å².